The van der Waals surface area contributed by atoms with Crippen molar-refractivity contribution in [1.82, 2.24) is 4.90 Å². The highest BCUT2D eigenvalue weighted by Crippen LogP contribution is 2.26. The Morgan fingerprint density at radius 2 is 2.16 bits per heavy atom. The predicted molar refractivity (Wildman–Crippen MR) is 70.1 cm³/mol. The van der Waals surface area contributed by atoms with Gasteiger partial charge in [-0.2, -0.15) is 0 Å². The minimum atomic E-state index is -0.348. The van der Waals surface area contributed by atoms with Crippen LogP contribution in [0.4, 0.5) is 4.39 Å². The molecule has 0 unspecified atom stereocenters. The molecule has 1 fully saturated rings. The summed E-state index contributed by atoms with van der Waals surface area (Å²) in [6.07, 6.45) is 1.34. The SMILES string of the molecule is CC1(C)CCC(=O)CN1C(=O)Cc1cccc(F)c1. The molecule has 19 heavy (non-hydrogen) atoms. The molecule has 0 saturated carbocycles. The average Bonchev–Trinajstić information content (AvgIpc) is 2.32. The summed E-state index contributed by atoms with van der Waals surface area (Å²) < 4.78 is 13.1. The summed E-state index contributed by atoms with van der Waals surface area (Å²) in [7, 11) is 0. The molecule has 1 heterocycles. The summed E-state index contributed by atoms with van der Waals surface area (Å²) in [5, 5.41) is 0. The maximum absolute atomic E-state index is 13.1. The van der Waals surface area contributed by atoms with Crippen LogP contribution in [0.15, 0.2) is 24.3 Å². The standard InChI is InChI=1S/C15H18FNO2/c1-15(2)7-6-13(18)10-17(15)14(19)9-11-4-3-5-12(16)8-11/h3-5,8H,6-7,9-10H2,1-2H3. The third-order valence-electron chi connectivity index (χ3n) is 3.63. The second kappa shape index (κ2) is 5.11. The first kappa shape index (κ1) is 13.7. The van der Waals surface area contributed by atoms with E-state index in [9.17, 15) is 14.0 Å². The van der Waals surface area contributed by atoms with Crippen molar-refractivity contribution >= 4 is 11.7 Å². The van der Waals surface area contributed by atoms with Crippen molar-refractivity contribution < 1.29 is 14.0 Å². The lowest BCUT2D eigenvalue weighted by Gasteiger charge is -2.41. The summed E-state index contributed by atoms with van der Waals surface area (Å²) in [5.41, 5.74) is 0.331. The first-order valence-electron chi connectivity index (χ1n) is 6.45. The van der Waals surface area contributed by atoms with Crippen LogP contribution in [0.25, 0.3) is 0 Å². The lowest BCUT2D eigenvalue weighted by Crippen LogP contribution is -2.54. The van der Waals surface area contributed by atoms with Gasteiger partial charge < -0.3 is 4.90 Å². The number of halogens is 1. The Bertz CT molecular complexity index is 511. The zero-order valence-corrected chi connectivity index (χ0v) is 11.3. The number of rotatable bonds is 2. The van der Waals surface area contributed by atoms with Gasteiger partial charge in [0.2, 0.25) is 5.91 Å². The minimum absolute atomic E-state index is 0.0897. The van der Waals surface area contributed by atoms with Crippen LogP contribution < -0.4 is 0 Å². The molecule has 0 spiro atoms. The molecule has 3 nitrogen and oxygen atoms in total. The Balaban J connectivity index is 2.12. The number of ketones is 1. The largest absolute Gasteiger partial charge is 0.330 e. The zero-order valence-electron chi connectivity index (χ0n) is 11.3. The Labute approximate surface area is 112 Å². The van der Waals surface area contributed by atoms with E-state index in [2.05, 4.69) is 0 Å². The Hall–Kier alpha value is -1.71. The number of hydrogen-bond acceptors (Lipinski definition) is 2. The second-order valence-corrected chi connectivity index (χ2v) is 5.64. The number of piperidine rings is 1. The van der Waals surface area contributed by atoms with Crippen LogP contribution in [0.3, 0.4) is 0 Å². The minimum Gasteiger partial charge on any atom is -0.330 e. The molecule has 102 valence electrons. The maximum Gasteiger partial charge on any atom is 0.227 e. The van der Waals surface area contributed by atoms with Crippen LogP contribution in [0.2, 0.25) is 0 Å². The highest BCUT2D eigenvalue weighted by Gasteiger charge is 2.36. The Morgan fingerprint density at radius 1 is 1.42 bits per heavy atom. The first-order valence-corrected chi connectivity index (χ1v) is 6.45. The average molecular weight is 263 g/mol. The third kappa shape index (κ3) is 3.19. The van der Waals surface area contributed by atoms with E-state index < -0.39 is 0 Å². The van der Waals surface area contributed by atoms with Gasteiger partial charge in [0, 0.05) is 12.0 Å². The first-order chi connectivity index (χ1) is 8.88. The fourth-order valence-corrected chi connectivity index (χ4v) is 2.39. The van der Waals surface area contributed by atoms with Crippen LogP contribution in [-0.4, -0.2) is 28.7 Å². The molecular formula is C15H18FNO2. The molecule has 1 amide bonds. The molecule has 0 atom stereocenters. The Morgan fingerprint density at radius 3 is 2.84 bits per heavy atom. The lowest BCUT2D eigenvalue weighted by molar-refractivity contribution is -0.144. The number of carbonyl (C=O) groups excluding carboxylic acids is 2. The lowest BCUT2D eigenvalue weighted by atomic mass is 9.89. The van der Waals surface area contributed by atoms with Crippen LogP contribution in [-0.2, 0) is 16.0 Å². The summed E-state index contributed by atoms with van der Waals surface area (Å²) in [6, 6.07) is 6.02. The van der Waals surface area contributed by atoms with E-state index in [0.717, 1.165) is 0 Å². The molecule has 0 radical (unpaired) electrons. The van der Waals surface area contributed by atoms with Gasteiger partial charge in [-0.15, -0.1) is 0 Å². The van der Waals surface area contributed by atoms with Crippen molar-refractivity contribution in [2.45, 2.75) is 38.6 Å². The van der Waals surface area contributed by atoms with Crippen LogP contribution >= 0.6 is 0 Å². The molecule has 1 aromatic rings. The molecule has 1 aliphatic heterocycles. The van der Waals surface area contributed by atoms with Gasteiger partial charge in [-0.3, -0.25) is 9.59 Å². The fraction of sp³-hybridized carbons (Fsp3) is 0.467. The summed E-state index contributed by atoms with van der Waals surface area (Å²) in [5.74, 6) is -0.380. The summed E-state index contributed by atoms with van der Waals surface area (Å²) in [6.45, 7) is 4.09. The van der Waals surface area contributed by atoms with E-state index in [1.54, 1.807) is 17.0 Å². The number of Topliss-reactive ketones (excluding diaryl/α,β-unsaturated/α-hetero) is 1. The topological polar surface area (TPSA) is 37.4 Å². The molecule has 1 aromatic carbocycles. The quantitative estimate of drug-likeness (QED) is 0.821. The van der Waals surface area contributed by atoms with Crippen molar-refractivity contribution in [2.24, 2.45) is 0 Å². The Kier molecular flexibility index (Phi) is 3.69. The second-order valence-electron chi connectivity index (χ2n) is 5.64. The summed E-state index contributed by atoms with van der Waals surface area (Å²) in [4.78, 5) is 25.4. The number of nitrogens with zero attached hydrogens (tertiary/aromatic N) is 1. The van der Waals surface area contributed by atoms with Crippen LogP contribution in [0.1, 0.15) is 32.3 Å². The van der Waals surface area contributed by atoms with Gasteiger partial charge in [0.05, 0.1) is 13.0 Å². The molecule has 2 rings (SSSR count). The van der Waals surface area contributed by atoms with Gasteiger partial charge in [0.25, 0.3) is 0 Å². The van der Waals surface area contributed by atoms with Crippen molar-refractivity contribution in [3.63, 3.8) is 0 Å². The van der Waals surface area contributed by atoms with E-state index in [0.29, 0.717) is 18.4 Å². The van der Waals surface area contributed by atoms with Crippen molar-refractivity contribution in [1.29, 1.82) is 0 Å². The number of amides is 1. The zero-order chi connectivity index (χ0) is 14.0. The number of benzene rings is 1. The number of hydrogen-bond donors (Lipinski definition) is 0. The van der Waals surface area contributed by atoms with Crippen molar-refractivity contribution in [3.05, 3.63) is 35.6 Å². The molecule has 0 aromatic heterocycles. The molecule has 0 aliphatic carbocycles. The fourth-order valence-electron chi connectivity index (χ4n) is 2.39. The summed E-state index contributed by atoms with van der Waals surface area (Å²) >= 11 is 0. The predicted octanol–water partition coefficient (Wildman–Crippen LogP) is 2.34. The van der Waals surface area contributed by atoms with Crippen molar-refractivity contribution in [3.8, 4) is 0 Å². The third-order valence-corrected chi connectivity index (χ3v) is 3.63. The van der Waals surface area contributed by atoms with Crippen molar-refractivity contribution in [2.75, 3.05) is 6.54 Å². The molecule has 4 heteroatoms. The van der Waals surface area contributed by atoms with Gasteiger partial charge in [-0.25, -0.2) is 4.39 Å². The smallest absolute Gasteiger partial charge is 0.227 e. The van der Waals surface area contributed by atoms with E-state index in [1.807, 2.05) is 13.8 Å². The number of carbonyl (C=O) groups is 2. The van der Waals surface area contributed by atoms with E-state index in [4.69, 9.17) is 0 Å². The highest BCUT2D eigenvalue weighted by atomic mass is 19.1. The highest BCUT2D eigenvalue weighted by molar-refractivity contribution is 5.88. The van der Waals surface area contributed by atoms with E-state index in [1.165, 1.54) is 12.1 Å². The van der Waals surface area contributed by atoms with Gasteiger partial charge in [-0.05, 0) is 38.0 Å². The molecule has 1 saturated heterocycles. The van der Waals surface area contributed by atoms with E-state index in [-0.39, 0.29) is 36.0 Å². The van der Waals surface area contributed by atoms with Crippen LogP contribution in [0, 0.1) is 5.82 Å². The molecule has 0 N–H and O–H groups in total. The maximum atomic E-state index is 13.1. The van der Waals surface area contributed by atoms with Gasteiger partial charge in [0.15, 0.2) is 5.78 Å². The molecule has 0 bridgehead atoms. The van der Waals surface area contributed by atoms with Gasteiger partial charge in [0.1, 0.15) is 5.82 Å². The van der Waals surface area contributed by atoms with Gasteiger partial charge in [-0.1, -0.05) is 12.1 Å². The van der Waals surface area contributed by atoms with Gasteiger partial charge >= 0.3 is 0 Å². The van der Waals surface area contributed by atoms with E-state index >= 15 is 0 Å². The van der Waals surface area contributed by atoms with Crippen LogP contribution in [0.5, 0.6) is 0 Å². The molecular weight excluding hydrogens is 245 g/mol. The number of likely N-dealkylation sites (tertiary alicyclic amines) is 1. The molecule has 1 aliphatic rings. The normalized spacial score (nSPS) is 18.5. The monoisotopic (exact) mass is 263 g/mol.